The Morgan fingerprint density at radius 3 is 2.38 bits per heavy atom. The monoisotopic (exact) mass is 325 g/mol. The van der Waals surface area contributed by atoms with Gasteiger partial charge in [0.2, 0.25) is 5.91 Å². The number of urea groups is 1. The third-order valence-corrected chi connectivity index (χ3v) is 3.70. The van der Waals surface area contributed by atoms with Gasteiger partial charge in [0.15, 0.2) is 0 Å². The van der Waals surface area contributed by atoms with E-state index in [1.54, 1.807) is 12.1 Å². The van der Waals surface area contributed by atoms with Gasteiger partial charge in [0.25, 0.3) is 0 Å². The Kier molecular flexibility index (Phi) is 6.37. The standard InChI is InChI=1S/C19H23N3O2/c1-14-8-6-7-11-17(14)15(2)21-18(23)12-13-20-19(24)22-16-9-4-3-5-10-16/h3-11,15H,12-13H2,1-2H3,(H,21,23)(H2,20,22,24)/t15-/m0/s1. The van der Waals surface area contributed by atoms with E-state index >= 15 is 0 Å². The van der Waals surface area contributed by atoms with Crippen LogP contribution in [0.1, 0.15) is 30.5 Å². The van der Waals surface area contributed by atoms with Crippen molar-refractivity contribution >= 4 is 17.6 Å². The summed E-state index contributed by atoms with van der Waals surface area (Å²) in [5.74, 6) is -0.0919. The van der Waals surface area contributed by atoms with Crippen molar-refractivity contribution in [1.29, 1.82) is 0 Å². The van der Waals surface area contributed by atoms with Crippen LogP contribution in [0.5, 0.6) is 0 Å². The molecule has 0 bridgehead atoms. The maximum Gasteiger partial charge on any atom is 0.319 e. The number of carbonyl (C=O) groups excluding carboxylic acids is 2. The number of hydrogen-bond donors (Lipinski definition) is 3. The number of para-hydroxylation sites is 1. The fourth-order valence-electron chi connectivity index (χ4n) is 2.45. The summed E-state index contributed by atoms with van der Waals surface area (Å²) in [4.78, 5) is 23.7. The average molecular weight is 325 g/mol. The van der Waals surface area contributed by atoms with Crippen molar-refractivity contribution in [3.05, 3.63) is 65.7 Å². The van der Waals surface area contributed by atoms with E-state index in [1.165, 1.54) is 0 Å². The van der Waals surface area contributed by atoms with E-state index < -0.39 is 0 Å². The molecule has 5 heteroatoms. The number of amides is 3. The first-order valence-corrected chi connectivity index (χ1v) is 8.01. The average Bonchev–Trinajstić information content (AvgIpc) is 2.56. The second kappa shape index (κ2) is 8.72. The number of nitrogens with one attached hydrogen (secondary N) is 3. The molecule has 0 saturated heterocycles. The molecule has 0 aliphatic carbocycles. The maximum atomic E-state index is 12.0. The van der Waals surface area contributed by atoms with Gasteiger partial charge in [0, 0.05) is 18.7 Å². The summed E-state index contributed by atoms with van der Waals surface area (Å²) < 4.78 is 0. The van der Waals surface area contributed by atoms with Crippen molar-refractivity contribution in [3.63, 3.8) is 0 Å². The van der Waals surface area contributed by atoms with Crippen LogP contribution in [0.15, 0.2) is 54.6 Å². The number of aryl methyl sites for hydroxylation is 1. The van der Waals surface area contributed by atoms with Crippen LogP contribution < -0.4 is 16.0 Å². The second-order valence-electron chi connectivity index (χ2n) is 5.64. The molecular formula is C19H23N3O2. The van der Waals surface area contributed by atoms with Gasteiger partial charge in [-0.2, -0.15) is 0 Å². The molecule has 0 aromatic heterocycles. The highest BCUT2D eigenvalue weighted by molar-refractivity contribution is 5.89. The number of anilines is 1. The molecule has 0 spiro atoms. The predicted octanol–water partition coefficient (Wildman–Crippen LogP) is 3.38. The molecule has 2 aromatic rings. The molecular weight excluding hydrogens is 302 g/mol. The highest BCUT2D eigenvalue weighted by Crippen LogP contribution is 2.16. The molecule has 0 saturated carbocycles. The fourth-order valence-corrected chi connectivity index (χ4v) is 2.45. The molecule has 0 aliphatic heterocycles. The largest absolute Gasteiger partial charge is 0.350 e. The van der Waals surface area contributed by atoms with Crippen molar-refractivity contribution in [2.45, 2.75) is 26.3 Å². The molecule has 0 heterocycles. The van der Waals surface area contributed by atoms with Gasteiger partial charge in [-0.15, -0.1) is 0 Å². The molecule has 5 nitrogen and oxygen atoms in total. The van der Waals surface area contributed by atoms with Crippen LogP contribution in [-0.2, 0) is 4.79 Å². The lowest BCUT2D eigenvalue weighted by molar-refractivity contribution is -0.121. The third kappa shape index (κ3) is 5.43. The molecule has 3 N–H and O–H groups in total. The van der Waals surface area contributed by atoms with Gasteiger partial charge in [-0.05, 0) is 37.1 Å². The summed E-state index contributed by atoms with van der Waals surface area (Å²) in [6, 6.07) is 16.8. The molecule has 2 aromatic carbocycles. The van der Waals surface area contributed by atoms with Crippen LogP contribution in [0.4, 0.5) is 10.5 Å². The van der Waals surface area contributed by atoms with Crippen LogP contribution in [0.2, 0.25) is 0 Å². The summed E-state index contributed by atoms with van der Waals surface area (Å²) in [6.45, 7) is 4.26. The van der Waals surface area contributed by atoms with Crippen LogP contribution in [0, 0.1) is 6.92 Å². The first-order chi connectivity index (χ1) is 11.6. The lowest BCUT2D eigenvalue weighted by atomic mass is 10.0. The summed E-state index contributed by atoms with van der Waals surface area (Å²) in [7, 11) is 0. The van der Waals surface area contributed by atoms with Gasteiger partial charge >= 0.3 is 6.03 Å². The van der Waals surface area contributed by atoms with E-state index in [-0.39, 0.29) is 30.9 Å². The van der Waals surface area contributed by atoms with Gasteiger partial charge in [0.1, 0.15) is 0 Å². The Labute approximate surface area is 142 Å². The topological polar surface area (TPSA) is 70.2 Å². The van der Waals surface area contributed by atoms with Crippen molar-refractivity contribution in [2.75, 3.05) is 11.9 Å². The summed E-state index contributed by atoms with van der Waals surface area (Å²) in [6.07, 6.45) is 0.235. The molecule has 0 aliphatic rings. The van der Waals surface area contributed by atoms with E-state index in [0.717, 1.165) is 11.1 Å². The van der Waals surface area contributed by atoms with Gasteiger partial charge < -0.3 is 16.0 Å². The lowest BCUT2D eigenvalue weighted by Crippen LogP contribution is -2.34. The van der Waals surface area contributed by atoms with Crippen LogP contribution in [0.3, 0.4) is 0 Å². The van der Waals surface area contributed by atoms with Crippen LogP contribution >= 0.6 is 0 Å². The van der Waals surface area contributed by atoms with Gasteiger partial charge in [-0.1, -0.05) is 42.5 Å². The van der Waals surface area contributed by atoms with E-state index in [4.69, 9.17) is 0 Å². The number of benzene rings is 2. The summed E-state index contributed by atoms with van der Waals surface area (Å²) >= 11 is 0. The van der Waals surface area contributed by atoms with E-state index in [1.807, 2.05) is 56.3 Å². The van der Waals surface area contributed by atoms with Gasteiger partial charge in [0.05, 0.1) is 6.04 Å². The Morgan fingerprint density at radius 1 is 1.00 bits per heavy atom. The molecule has 2 rings (SSSR count). The Balaban J connectivity index is 1.71. The van der Waals surface area contributed by atoms with Crippen molar-refractivity contribution < 1.29 is 9.59 Å². The van der Waals surface area contributed by atoms with E-state index in [0.29, 0.717) is 5.69 Å². The zero-order chi connectivity index (χ0) is 17.4. The highest BCUT2D eigenvalue weighted by atomic mass is 16.2. The predicted molar refractivity (Wildman–Crippen MR) is 95.8 cm³/mol. The Hall–Kier alpha value is -2.82. The Morgan fingerprint density at radius 2 is 1.67 bits per heavy atom. The summed E-state index contributed by atoms with van der Waals surface area (Å²) in [5.41, 5.74) is 2.96. The van der Waals surface area contributed by atoms with Crippen molar-refractivity contribution in [2.24, 2.45) is 0 Å². The normalized spacial score (nSPS) is 11.4. The molecule has 0 fully saturated rings. The molecule has 0 radical (unpaired) electrons. The number of hydrogen-bond acceptors (Lipinski definition) is 2. The molecule has 24 heavy (non-hydrogen) atoms. The third-order valence-electron chi connectivity index (χ3n) is 3.70. The first kappa shape index (κ1) is 17.5. The minimum absolute atomic E-state index is 0.0585. The van der Waals surface area contributed by atoms with E-state index in [9.17, 15) is 9.59 Å². The molecule has 126 valence electrons. The molecule has 1 atom stereocenters. The SMILES string of the molecule is Cc1ccccc1[C@H](C)NC(=O)CCNC(=O)Nc1ccccc1. The summed E-state index contributed by atoms with van der Waals surface area (Å²) in [5, 5.41) is 8.33. The van der Waals surface area contributed by atoms with Crippen LogP contribution in [0.25, 0.3) is 0 Å². The second-order valence-corrected chi connectivity index (χ2v) is 5.64. The zero-order valence-corrected chi connectivity index (χ0v) is 14.0. The minimum atomic E-state index is -0.319. The maximum absolute atomic E-state index is 12.0. The lowest BCUT2D eigenvalue weighted by Gasteiger charge is -2.16. The number of rotatable bonds is 6. The minimum Gasteiger partial charge on any atom is -0.350 e. The quantitative estimate of drug-likeness (QED) is 0.762. The highest BCUT2D eigenvalue weighted by Gasteiger charge is 2.11. The number of carbonyl (C=O) groups is 2. The first-order valence-electron chi connectivity index (χ1n) is 8.01. The van der Waals surface area contributed by atoms with Gasteiger partial charge in [-0.3, -0.25) is 4.79 Å². The van der Waals surface area contributed by atoms with Crippen LogP contribution in [-0.4, -0.2) is 18.5 Å². The van der Waals surface area contributed by atoms with E-state index in [2.05, 4.69) is 16.0 Å². The van der Waals surface area contributed by atoms with Crippen molar-refractivity contribution in [1.82, 2.24) is 10.6 Å². The van der Waals surface area contributed by atoms with Crippen molar-refractivity contribution in [3.8, 4) is 0 Å². The Bertz CT molecular complexity index is 686. The molecule has 0 unspecified atom stereocenters. The fraction of sp³-hybridized carbons (Fsp3) is 0.263. The van der Waals surface area contributed by atoms with Gasteiger partial charge in [-0.25, -0.2) is 4.79 Å². The smallest absolute Gasteiger partial charge is 0.319 e. The zero-order valence-electron chi connectivity index (χ0n) is 14.0. The molecule has 3 amide bonds.